The number of rotatable bonds is 4. The van der Waals surface area contributed by atoms with Crippen molar-refractivity contribution in [3.05, 3.63) is 0 Å². The maximum atomic E-state index is 11.9. The normalized spacial score (nSPS) is 23.8. The fourth-order valence-electron chi connectivity index (χ4n) is 1.67. The molecule has 0 aliphatic carbocycles. The minimum atomic E-state index is -1.07. The van der Waals surface area contributed by atoms with Crippen molar-refractivity contribution in [1.82, 2.24) is 4.90 Å². The molecule has 1 aliphatic heterocycles. The number of hydrogen-bond donors (Lipinski definition) is 1. The lowest BCUT2D eigenvalue weighted by Crippen LogP contribution is -2.42. The fraction of sp³-hybridized carbons (Fsp3) is 0.636. The minimum absolute atomic E-state index is 0.000621. The third-order valence-electron chi connectivity index (χ3n) is 2.43. The number of carboxylic acid groups (broad SMARTS) is 1. The zero-order chi connectivity index (χ0) is 12.1. The molecule has 88 valence electrons. The molecule has 5 heteroatoms. The number of carbonyl (C=O) groups is 2. The summed E-state index contributed by atoms with van der Waals surface area (Å²) in [7, 11) is 0. The van der Waals surface area contributed by atoms with Crippen molar-refractivity contribution in [2.24, 2.45) is 0 Å². The third-order valence-corrected chi connectivity index (χ3v) is 2.43. The summed E-state index contributed by atoms with van der Waals surface area (Å²) in [5, 5.41) is 8.65. The lowest BCUT2D eigenvalue weighted by atomic mass is 10.2. The van der Waals surface area contributed by atoms with Crippen LogP contribution >= 0.6 is 0 Å². The Hall–Kier alpha value is -1.54. The van der Waals surface area contributed by atoms with Gasteiger partial charge in [-0.3, -0.25) is 9.59 Å². The van der Waals surface area contributed by atoms with E-state index in [2.05, 4.69) is 5.92 Å². The highest BCUT2D eigenvalue weighted by molar-refractivity contribution is 5.85. The van der Waals surface area contributed by atoms with Crippen LogP contribution in [0.25, 0.3) is 0 Å². The van der Waals surface area contributed by atoms with E-state index in [4.69, 9.17) is 16.3 Å². The van der Waals surface area contributed by atoms with Gasteiger partial charge >= 0.3 is 5.97 Å². The predicted octanol–water partition coefficient (Wildman–Crippen LogP) is 0.100. The van der Waals surface area contributed by atoms with Crippen LogP contribution in [-0.2, 0) is 14.3 Å². The van der Waals surface area contributed by atoms with Gasteiger partial charge in [0.25, 0.3) is 5.91 Å². The van der Waals surface area contributed by atoms with E-state index in [0.29, 0.717) is 6.42 Å². The van der Waals surface area contributed by atoms with Gasteiger partial charge in [0.05, 0.1) is 12.6 Å². The molecule has 1 rings (SSSR count). The summed E-state index contributed by atoms with van der Waals surface area (Å²) in [4.78, 5) is 23.6. The van der Waals surface area contributed by atoms with Gasteiger partial charge in [-0.15, -0.1) is 6.42 Å². The topological polar surface area (TPSA) is 66.8 Å². The number of carbonyl (C=O) groups excluding carboxylic acids is 1. The van der Waals surface area contributed by atoms with Crippen LogP contribution in [0, 0.1) is 12.3 Å². The van der Waals surface area contributed by atoms with E-state index in [9.17, 15) is 9.59 Å². The van der Waals surface area contributed by atoms with Gasteiger partial charge in [-0.1, -0.05) is 5.92 Å². The third kappa shape index (κ3) is 3.24. The number of terminal acetylenes is 1. The molecule has 1 saturated heterocycles. The molecule has 0 aromatic carbocycles. The molecule has 0 spiro atoms. The van der Waals surface area contributed by atoms with Crippen LogP contribution in [0.4, 0.5) is 0 Å². The van der Waals surface area contributed by atoms with E-state index in [1.165, 1.54) is 0 Å². The maximum Gasteiger partial charge on any atom is 0.323 e. The standard InChI is InChI=1S/C11H15NO4/c1-3-6-12(7-10(13)14)11(15)9-5-4-8(2)16-9/h1,8-9H,4-7H2,2H3,(H,13,14). The Labute approximate surface area is 94.4 Å². The zero-order valence-corrected chi connectivity index (χ0v) is 9.18. The molecule has 5 nitrogen and oxygen atoms in total. The van der Waals surface area contributed by atoms with Crippen LogP contribution < -0.4 is 0 Å². The Morgan fingerprint density at radius 2 is 2.25 bits per heavy atom. The zero-order valence-electron chi connectivity index (χ0n) is 9.18. The minimum Gasteiger partial charge on any atom is -0.480 e. The second-order valence-corrected chi connectivity index (χ2v) is 3.80. The van der Waals surface area contributed by atoms with Gasteiger partial charge in [0.1, 0.15) is 12.6 Å². The van der Waals surface area contributed by atoms with Crippen molar-refractivity contribution in [1.29, 1.82) is 0 Å². The molecule has 0 aromatic rings. The first-order chi connectivity index (χ1) is 7.54. The van der Waals surface area contributed by atoms with Crippen LogP contribution in [0.1, 0.15) is 19.8 Å². The van der Waals surface area contributed by atoms with Gasteiger partial charge in [-0.05, 0) is 19.8 Å². The van der Waals surface area contributed by atoms with Crippen LogP contribution in [0.5, 0.6) is 0 Å². The first kappa shape index (κ1) is 12.5. The van der Waals surface area contributed by atoms with Crippen molar-refractivity contribution >= 4 is 11.9 Å². The predicted molar refractivity (Wildman–Crippen MR) is 56.6 cm³/mol. The van der Waals surface area contributed by atoms with Gasteiger partial charge in [-0.25, -0.2) is 0 Å². The molecular weight excluding hydrogens is 210 g/mol. The smallest absolute Gasteiger partial charge is 0.323 e. The average molecular weight is 225 g/mol. The van der Waals surface area contributed by atoms with Crippen LogP contribution in [0.3, 0.4) is 0 Å². The van der Waals surface area contributed by atoms with Gasteiger partial charge < -0.3 is 14.7 Å². The van der Waals surface area contributed by atoms with Gasteiger partial charge in [0.15, 0.2) is 0 Å². The van der Waals surface area contributed by atoms with E-state index >= 15 is 0 Å². The highest BCUT2D eigenvalue weighted by Gasteiger charge is 2.31. The summed E-state index contributed by atoms with van der Waals surface area (Å²) in [6.45, 7) is 1.51. The highest BCUT2D eigenvalue weighted by Crippen LogP contribution is 2.20. The first-order valence-electron chi connectivity index (χ1n) is 5.14. The lowest BCUT2D eigenvalue weighted by Gasteiger charge is -2.21. The molecule has 0 bridgehead atoms. The Bertz CT molecular complexity index is 320. The van der Waals surface area contributed by atoms with Crippen LogP contribution in [0.2, 0.25) is 0 Å². The Morgan fingerprint density at radius 1 is 1.56 bits per heavy atom. The molecule has 1 fully saturated rings. The summed E-state index contributed by atoms with van der Waals surface area (Å²) in [6, 6.07) is 0. The van der Waals surface area contributed by atoms with E-state index in [1.807, 2.05) is 6.92 Å². The second kappa shape index (κ2) is 5.52. The number of hydrogen-bond acceptors (Lipinski definition) is 3. The maximum absolute atomic E-state index is 11.9. The average Bonchev–Trinajstić information content (AvgIpc) is 2.62. The van der Waals surface area contributed by atoms with Crippen molar-refractivity contribution in [2.75, 3.05) is 13.1 Å². The molecule has 1 aliphatic rings. The second-order valence-electron chi connectivity index (χ2n) is 3.80. The fourth-order valence-corrected chi connectivity index (χ4v) is 1.67. The van der Waals surface area contributed by atoms with Crippen LogP contribution in [0.15, 0.2) is 0 Å². The summed E-state index contributed by atoms with van der Waals surface area (Å²) in [5.74, 6) is 0.872. The monoisotopic (exact) mass is 225 g/mol. The molecule has 0 saturated carbocycles. The molecule has 1 amide bonds. The molecular formula is C11H15NO4. The SMILES string of the molecule is C#CCN(CC(=O)O)C(=O)C1CCC(C)O1. The van der Waals surface area contributed by atoms with E-state index in [1.54, 1.807) is 0 Å². The Kier molecular flexibility index (Phi) is 4.32. The molecule has 2 atom stereocenters. The molecule has 1 N–H and O–H groups in total. The number of amides is 1. The van der Waals surface area contributed by atoms with Gasteiger partial charge in [0, 0.05) is 0 Å². The lowest BCUT2D eigenvalue weighted by molar-refractivity contribution is -0.149. The molecule has 0 aromatic heterocycles. The van der Waals surface area contributed by atoms with E-state index in [0.717, 1.165) is 11.3 Å². The molecule has 16 heavy (non-hydrogen) atoms. The quantitative estimate of drug-likeness (QED) is 0.689. The molecule has 2 unspecified atom stereocenters. The highest BCUT2D eigenvalue weighted by atomic mass is 16.5. The Morgan fingerprint density at radius 3 is 2.69 bits per heavy atom. The van der Waals surface area contributed by atoms with E-state index in [-0.39, 0.29) is 25.1 Å². The van der Waals surface area contributed by atoms with Crippen molar-refractivity contribution in [3.63, 3.8) is 0 Å². The van der Waals surface area contributed by atoms with E-state index < -0.39 is 12.1 Å². The summed E-state index contributed by atoms with van der Waals surface area (Å²) in [6.07, 6.45) is 6.04. The Balaban J connectivity index is 2.60. The number of carboxylic acids is 1. The van der Waals surface area contributed by atoms with Crippen molar-refractivity contribution < 1.29 is 19.4 Å². The summed E-state index contributed by atoms with van der Waals surface area (Å²) >= 11 is 0. The number of nitrogens with zero attached hydrogens (tertiary/aromatic N) is 1. The number of ether oxygens (including phenoxy) is 1. The number of aliphatic carboxylic acids is 1. The summed E-state index contributed by atoms with van der Waals surface area (Å²) in [5.41, 5.74) is 0. The first-order valence-corrected chi connectivity index (χ1v) is 5.14. The largest absolute Gasteiger partial charge is 0.480 e. The summed E-state index contributed by atoms with van der Waals surface area (Å²) < 4.78 is 5.38. The van der Waals surface area contributed by atoms with Crippen molar-refractivity contribution in [2.45, 2.75) is 32.0 Å². The van der Waals surface area contributed by atoms with Crippen LogP contribution in [-0.4, -0.2) is 47.2 Å². The van der Waals surface area contributed by atoms with Gasteiger partial charge in [-0.2, -0.15) is 0 Å². The van der Waals surface area contributed by atoms with Crippen molar-refractivity contribution in [3.8, 4) is 12.3 Å². The van der Waals surface area contributed by atoms with Gasteiger partial charge in [0.2, 0.25) is 0 Å². The molecule has 0 radical (unpaired) electrons. The molecule has 1 heterocycles.